The van der Waals surface area contributed by atoms with Gasteiger partial charge in [-0.1, -0.05) is 66.4 Å². The molecule has 61 heavy (non-hydrogen) atoms. The Morgan fingerprint density at radius 2 is 1.69 bits per heavy atom. The fourth-order valence-corrected chi connectivity index (χ4v) is 11.0. The van der Waals surface area contributed by atoms with E-state index in [0.717, 1.165) is 83.9 Å². The average Bonchev–Trinajstić information content (AvgIpc) is 3.67. The number of carboxylic acids is 1. The smallest absolute Gasteiger partial charge is 0.306 e. The van der Waals surface area contributed by atoms with Crippen LogP contribution in [-0.4, -0.2) is 71.6 Å². The second-order valence-corrected chi connectivity index (χ2v) is 17.8. The summed E-state index contributed by atoms with van der Waals surface area (Å²) in [6.45, 7) is 1.84. The number of amides is 1. The molecule has 0 radical (unpaired) electrons. The summed E-state index contributed by atoms with van der Waals surface area (Å²) in [6.07, 6.45) is 10.0. The number of fused-ring (bicyclic) bond motifs is 2. The Morgan fingerprint density at radius 3 is 2.46 bits per heavy atom. The Bertz CT molecular complexity index is 2420. The van der Waals surface area contributed by atoms with Gasteiger partial charge in [0, 0.05) is 70.8 Å². The van der Waals surface area contributed by atoms with Gasteiger partial charge in [0.2, 0.25) is 5.91 Å². The average molecular weight is 871 g/mol. The van der Waals surface area contributed by atoms with E-state index in [1.165, 1.54) is 13.2 Å². The highest BCUT2D eigenvalue weighted by Gasteiger charge is 2.44. The van der Waals surface area contributed by atoms with E-state index >= 15 is 4.39 Å². The highest BCUT2D eigenvalue weighted by molar-refractivity contribution is 6.36. The Hall–Kier alpha value is -4.68. The number of benzene rings is 4. The second-order valence-electron chi connectivity index (χ2n) is 17.0. The molecule has 0 bridgehead atoms. The van der Waals surface area contributed by atoms with Crippen molar-refractivity contribution in [3.05, 3.63) is 99.4 Å². The lowest BCUT2D eigenvalue weighted by Crippen LogP contribution is -2.49. The number of halogens is 3. The Morgan fingerprint density at radius 1 is 0.934 bits per heavy atom. The first-order chi connectivity index (χ1) is 29.5. The third-order valence-electron chi connectivity index (χ3n) is 13.4. The molecule has 13 heteroatoms. The third-order valence-corrected chi connectivity index (χ3v) is 14.2. The van der Waals surface area contributed by atoms with E-state index in [2.05, 4.69) is 22.6 Å². The molecule has 0 spiro atoms. The van der Waals surface area contributed by atoms with Crippen LogP contribution < -0.4 is 20.1 Å². The van der Waals surface area contributed by atoms with Crippen LogP contribution >= 0.6 is 23.2 Å². The van der Waals surface area contributed by atoms with Gasteiger partial charge < -0.3 is 25.2 Å². The van der Waals surface area contributed by atoms with Crippen LogP contribution in [0.5, 0.6) is 11.5 Å². The third kappa shape index (κ3) is 8.98. The lowest BCUT2D eigenvalue weighted by Gasteiger charge is -2.47. The summed E-state index contributed by atoms with van der Waals surface area (Å²) in [5.41, 5.74) is 6.09. The van der Waals surface area contributed by atoms with Gasteiger partial charge in [0.05, 0.1) is 43.4 Å². The number of nitrogens with zero attached hydrogens (tertiary/aromatic N) is 3. The molecule has 4 unspecified atom stereocenters. The van der Waals surface area contributed by atoms with Gasteiger partial charge in [0.25, 0.3) is 0 Å². The lowest BCUT2D eigenvalue weighted by atomic mass is 9.63. The number of hydrogen-bond acceptors (Lipinski definition) is 7. The molecule has 1 aliphatic heterocycles. The predicted molar refractivity (Wildman–Crippen MR) is 238 cm³/mol. The van der Waals surface area contributed by atoms with Crippen molar-refractivity contribution >= 4 is 46.0 Å². The number of aliphatic carboxylic acids is 1. The van der Waals surface area contributed by atoms with E-state index in [9.17, 15) is 14.7 Å². The number of hydrogen-bond donors (Lipinski definition) is 3. The molecule has 3 N–H and O–H groups in total. The van der Waals surface area contributed by atoms with Crippen LogP contribution in [0, 0.1) is 23.6 Å². The quantitative estimate of drug-likeness (QED) is 0.101. The molecule has 1 aromatic heterocycles. The summed E-state index contributed by atoms with van der Waals surface area (Å²) in [5.74, 6) is 0.516. The van der Waals surface area contributed by atoms with Gasteiger partial charge in [-0.25, -0.2) is 4.39 Å². The van der Waals surface area contributed by atoms with Gasteiger partial charge in [-0.3, -0.25) is 19.2 Å². The Balaban J connectivity index is 1.00. The van der Waals surface area contributed by atoms with E-state index in [-0.39, 0.29) is 30.3 Å². The predicted octanol–water partition coefficient (Wildman–Crippen LogP) is 9.74. The standard InChI is InChI=1S/C48H54Cl2FN5O5/c1-55(42-18-17-37(48(58)59)33-10-4-5-11-35(33)42)26-30-19-40(49)29(22-44(30)60-2)27-56-43-15-8-13-34(38(43)25-53-56)36-14-7-12-32(47(36)50)28-20-41(51)39(45(21-28)61-3)24-52-23-31-9-6-16-46(57)54-31/h7-8,12-15,19-22,25,31,33,35,37,42,52H,4-6,9-11,16-18,23-24,26-27H2,1-3H3,(H,54,57)(H,58,59)/t31-,33?,35?,37?,42?/m0/s1. The van der Waals surface area contributed by atoms with Crippen LogP contribution in [0.4, 0.5) is 4.39 Å². The topological polar surface area (TPSA) is 118 Å². The molecule has 4 aromatic carbocycles. The maximum absolute atomic E-state index is 15.8. The van der Waals surface area contributed by atoms with E-state index in [1.54, 1.807) is 7.11 Å². The van der Waals surface area contributed by atoms with Crippen LogP contribution in [0.3, 0.4) is 0 Å². The van der Waals surface area contributed by atoms with Crippen LogP contribution in [0.1, 0.15) is 74.5 Å². The number of aromatic nitrogens is 2. The molecular weight excluding hydrogens is 816 g/mol. The molecular formula is C48H54Cl2FN5O5. The van der Waals surface area contributed by atoms with Crippen molar-refractivity contribution in [1.29, 1.82) is 0 Å². The minimum atomic E-state index is -0.646. The SMILES string of the molecule is COc1cc(Cn2ncc3c(-c4cccc(-c5cc(F)c(CNC[C@@H]6CCCC(=O)N6)c(OC)c5)c4Cl)cccc32)c(Cl)cc1CN(C)C1CCC(C(=O)O)C2CCCCC21. The number of carbonyl (C=O) groups is 2. The minimum absolute atomic E-state index is 0.0218. The summed E-state index contributed by atoms with van der Waals surface area (Å²) in [5, 5.41) is 23.0. The number of carbonyl (C=O) groups excluding carboxylic acids is 1. The molecule has 5 aromatic rings. The Kier molecular flexibility index (Phi) is 13.2. The molecule has 1 saturated heterocycles. The zero-order chi connectivity index (χ0) is 42.8. The maximum atomic E-state index is 15.8. The van der Waals surface area contributed by atoms with E-state index < -0.39 is 11.8 Å². The molecule has 3 aliphatic rings. The molecule has 5 atom stereocenters. The lowest BCUT2D eigenvalue weighted by molar-refractivity contribution is -0.148. The van der Waals surface area contributed by atoms with Crippen LogP contribution in [0.15, 0.2) is 66.9 Å². The van der Waals surface area contributed by atoms with Gasteiger partial charge in [-0.15, -0.1) is 0 Å². The second kappa shape index (κ2) is 18.7. The zero-order valence-electron chi connectivity index (χ0n) is 35.0. The van der Waals surface area contributed by atoms with Crippen molar-refractivity contribution in [2.75, 3.05) is 27.8 Å². The first kappa shape index (κ1) is 43.0. The van der Waals surface area contributed by atoms with E-state index in [4.69, 9.17) is 37.8 Å². The summed E-state index contributed by atoms with van der Waals surface area (Å²) < 4.78 is 29.3. The van der Waals surface area contributed by atoms with E-state index in [0.29, 0.717) is 76.9 Å². The monoisotopic (exact) mass is 869 g/mol. The molecule has 8 rings (SSSR count). The van der Waals surface area contributed by atoms with Crippen LogP contribution in [0.25, 0.3) is 33.2 Å². The summed E-state index contributed by atoms with van der Waals surface area (Å²) in [7, 11) is 5.34. The van der Waals surface area contributed by atoms with Gasteiger partial charge in [-0.05, 0) is 104 Å². The Labute approximate surface area is 366 Å². The minimum Gasteiger partial charge on any atom is -0.496 e. The van der Waals surface area contributed by atoms with Crippen molar-refractivity contribution in [3.63, 3.8) is 0 Å². The molecule has 2 saturated carbocycles. The molecule has 10 nitrogen and oxygen atoms in total. The fourth-order valence-electron chi connectivity index (χ4n) is 10.4. The van der Waals surface area contributed by atoms with Crippen LogP contribution in [0.2, 0.25) is 10.0 Å². The van der Waals surface area contributed by atoms with Crippen LogP contribution in [-0.2, 0) is 29.2 Å². The highest BCUT2D eigenvalue weighted by Crippen LogP contribution is 2.46. The number of rotatable bonds is 14. The number of ether oxygens (including phenoxy) is 2. The van der Waals surface area contributed by atoms with Crippen molar-refractivity contribution < 1.29 is 28.6 Å². The van der Waals surface area contributed by atoms with E-state index in [1.807, 2.05) is 65.5 Å². The summed E-state index contributed by atoms with van der Waals surface area (Å²) in [4.78, 5) is 26.3. The molecule has 3 fully saturated rings. The largest absolute Gasteiger partial charge is 0.496 e. The highest BCUT2D eigenvalue weighted by atomic mass is 35.5. The first-order valence-electron chi connectivity index (χ1n) is 21.4. The van der Waals surface area contributed by atoms with Crippen molar-refractivity contribution in [2.45, 2.75) is 89.5 Å². The summed E-state index contributed by atoms with van der Waals surface area (Å²) in [6, 6.07) is 19.4. The number of nitrogens with one attached hydrogen (secondary N) is 2. The van der Waals surface area contributed by atoms with Gasteiger partial charge in [0.1, 0.15) is 17.3 Å². The van der Waals surface area contributed by atoms with Gasteiger partial charge in [-0.2, -0.15) is 5.10 Å². The van der Waals surface area contributed by atoms with Gasteiger partial charge in [0.15, 0.2) is 0 Å². The zero-order valence-corrected chi connectivity index (χ0v) is 36.5. The normalized spacial score (nSPS) is 21.6. The first-order valence-corrected chi connectivity index (χ1v) is 22.2. The fraction of sp³-hybridized carbons (Fsp3) is 0.438. The van der Waals surface area contributed by atoms with Crippen molar-refractivity contribution in [1.82, 2.24) is 25.3 Å². The molecule has 322 valence electrons. The maximum Gasteiger partial charge on any atom is 0.306 e. The van der Waals surface area contributed by atoms with Crippen molar-refractivity contribution in [3.8, 4) is 33.8 Å². The summed E-state index contributed by atoms with van der Waals surface area (Å²) >= 11 is 14.2. The van der Waals surface area contributed by atoms with Gasteiger partial charge >= 0.3 is 5.97 Å². The van der Waals surface area contributed by atoms with Crippen molar-refractivity contribution in [2.24, 2.45) is 17.8 Å². The number of carboxylic acid groups (broad SMARTS) is 1. The number of piperidine rings is 1. The molecule has 2 heterocycles. The molecule has 1 amide bonds. The number of methoxy groups -OCH3 is 2. The molecule has 2 aliphatic carbocycles.